The van der Waals surface area contributed by atoms with E-state index in [9.17, 15) is 22.4 Å². The molecule has 8 heteroatoms. The molecular formula is C13H13F4NO2S. The van der Waals surface area contributed by atoms with E-state index in [2.05, 4.69) is 4.99 Å². The number of rotatable bonds is 4. The molecule has 0 saturated carbocycles. The van der Waals surface area contributed by atoms with Crippen molar-refractivity contribution in [2.45, 2.75) is 23.9 Å². The van der Waals surface area contributed by atoms with Crippen molar-refractivity contribution in [3.05, 3.63) is 29.6 Å². The molecule has 0 fully saturated rings. The molecule has 1 atom stereocenters. The van der Waals surface area contributed by atoms with Crippen LogP contribution in [0.5, 0.6) is 0 Å². The van der Waals surface area contributed by atoms with Gasteiger partial charge in [0.25, 0.3) is 0 Å². The highest BCUT2D eigenvalue weighted by molar-refractivity contribution is 8.30. The third kappa shape index (κ3) is 3.96. The largest absolute Gasteiger partial charge is 0.478 e. The van der Waals surface area contributed by atoms with Gasteiger partial charge in [-0.1, -0.05) is 0 Å². The molecule has 0 aliphatic carbocycles. The summed E-state index contributed by atoms with van der Waals surface area (Å²) in [7, 11) is -1.09. The number of thiol groups is 1. The summed E-state index contributed by atoms with van der Waals surface area (Å²) >= 11 is 0. The van der Waals surface area contributed by atoms with E-state index in [4.69, 9.17) is 5.11 Å². The predicted molar refractivity (Wildman–Crippen MR) is 73.1 cm³/mol. The number of hydrogen-bond donors (Lipinski definition) is 2. The Bertz CT molecular complexity index is 586. The number of carboxylic acid groups (broad SMARTS) is 1. The number of hydrogen-bond acceptors (Lipinski definition) is 2. The number of benzene rings is 1. The summed E-state index contributed by atoms with van der Waals surface area (Å²) in [5, 5.41) is 9.23. The Morgan fingerprint density at radius 2 is 2.10 bits per heavy atom. The van der Waals surface area contributed by atoms with Crippen molar-refractivity contribution in [1.82, 2.24) is 0 Å². The van der Waals surface area contributed by atoms with E-state index in [1.807, 2.05) is 0 Å². The van der Waals surface area contributed by atoms with Crippen LogP contribution in [0.1, 0.15) is 23.2 Å². The second-order valence-electron chi connectivity index (χ2n) is 4.53. The molecule has 1 aromatic carbocycles. The molecule has 1 N–H and O–H groups in total. The molecule has 0 saturated heterocycles. The van der Waals surface area contributed by atoms with Gasteiger partial charge in [-0.05, 0) is 23.1 Å². The van der Waals surface area contributed by atoms with E-state index in [-0.39, 0.29) is 6.42 Å². The predicted octanol–water partition coefficient (Wildman–Crippen LogP) is 3.64. The van der Waals surface area contributed by atoms with E-state index in [0.717, 1.165) is 12.1 Å². The Kier molecular flexibility index (Phi) is 4.55. The monoisotopic (exact) mass is 323 g/mol. The molecule has 1 heterocycles. The Morgan fingerprint density at radius 3 is 2.67 bits per heavy atom. The van der Waals surface area contributed by atoms with Crippen molar-refractivity contribution in [3.8, 4) is 0 Å². The number of aromatic carboxylic acids is 1. The summed E-state index contributed by atoms with van der Waals surface area (Å²) in [5.74, 6) is -1.66. The molecule has 21 heavy (non-hydrogen) atoms. The second-order valence-corrected chi connectivity index (χ2v) is 6.87. The maximum Gasteiger partial charge on any atom is 0.389 e. The number of nitrogens with zero attached hydrogens (tertiary/aromatic N) is 1. The summed E-state index contributed by atoms with van der Waals surface area (Å²) in [5.41, 5.74) is -0.443. The van der Waals surface area contributed by atoms with Crippen molar-refractivity contribution in [3.63, 3.8) is 0 Å². The van der Waals surface area contributed by atoms with Crippen LogP contribution < -0.4 is 0 Å². The van der Waals surface area contributed by atoms with E-state index < -0.39 is 40.8 Å². The Balaban J connectivity index is 2.16. The van der Waals surface area contributed by atoms with Crippen LogP contribution in [0.15, 0.2) is 28.1 Å². The van der Waals surface area contributed by atoms with Gasteiger partial charge in [-0.2, -0.15) is 24.1 Å². The molecule has 0 amide bonds. The molecule has 116 valence electrons. The highest BCUT2D eigenvalue weighted by Gasteiger charge is 2.30. The summed E-state index contributed by atoms with van der Waals surface area (Å²) in [4.78, 5) is 15.4. The zero-order valence-corrected chi connectivity index (χ0v) is 11.7. The fraction of sp³-hybridized carbons (Fsp3) is 0.385. The lowest BCUT2D eigenvalue weighted by Crippen LogP contribution is -2.10. The molecule has 0 aromatic heterocycles. The van der Waals surface area contributed by atoms with Gasteiger partial charge in [0.15, 0.2) is 0 Å². The maximum absolute atomic E-state index is 13.7. The van der Waals surface area contributed by atoms with Gasteiger partial charge in [-0.15, -0.1) is 0 Å². The van der Waals surface area contributed by atoms with Gasteiger partial charge >= 0.3 is 12.1 Å². The van der Waals surface area contributed by atoms with Gasteiger partial charge < -0.3 is 5.11 Å². The minimum absolute atomic E-state index is 0.183. The lowest BCUT2D eigenvalue weighted by molar-refractivity contribution is -0.132. The minimum Gasteiger partial charge on any atom is -0.478 e. The molecule has 3 nitrogen and oxygen atoms in total. The van der Waals surface area contributed by atoms with E-state index in [1.54, 1.807) is 0 Å². The van der Waals surface area contributed by atoms with Crippen LogP contribution in [0.3, 0.4) is 0 Å². The molecular weight excluding hydrogens is 310 g/mol. The molecule has 0 radical (unpaired) electrons. The third-order valence-corrected chi connectivity index (χ3v) is 5.59. The van der Waals surface area contributed by atoms with Crippen LogP contribution in [-0.4, -0.2) is 34.6 Å². The van der Waals surface area contributed by atoms with Gasteiger partial charge in [-0.3, -0.25) is 4.99 Å². The lowest BCUT2D eigenvalue weighted by atomic mass is 10.2. The summed E-state index contributed by atoms with van der Waals surface area (Å²) in [6, 6.07) is 3.71. The highest BCUT2D eigenvalue weighted by Crippen LogP contribution is 2.43. The first-order chi connectivity index (χ1) is 9.78. The van der Waals surface area contributed by atoms with Crippen LogP contribution in [-0.2, 0) is 0 Å². The molecule has 1 aliphatic rings. The van der Waals surface area contributed by atoms with E-state index in [1.165, 1.54) is 6.07 Å². The lowest BCUT2D eigenvalue weighted by Gasteiger charge is -2.19. The van der Waals surface area contributed by atoms with Crippen molar-refractivity contribution < 1.29 is 27.5 Å². The average molecular weight is 323 g/mol. The fourth-order valence-electron chi connectivity index (χ4n) is 2.08. The highest BCUT2D eigenvalue weighted by atomic mass is 32.2. The maximum atomic E-state index is 13.7. The Hall–Kier alpha value is -1.57. The summed E-state index contributed by atoms with van der Waals surface area (Å²) < 4.78 is 50.5. The van der Waals surface area contributed by atoms with Crippen molar-refractivity contribution in [2.24, 2.45) is 4.99 Å². The average Bonchev–Trinajstić information content (AvgIpc) is 2.83. The fourth-order valence-corrected chi connectivity index (χ4v) is 4.37. The van der Waals surface area contributed by atoms with Crippen LogP contribution in [0.25, 0.3) is 0 Å². The third-order valence-electron chi connectivity index (χ3n) is 3.06. The first-order valence-electron chi connectivity index (χ1n) is 6.18. The number of alkyl halides is 3. The number of carboxylic acids is 1. The summed E-state index contributed by atoms with van der Waals surface area (Å²) in [6.07, 6.45) is -5.37. The second kappa shape index (κ2) is 6.05. The molecule has 1 aromatic rings. The molecule has 1 unspecified atom stereocenters. The Labute approximate surface area is 121 Å². The number of carbonyl (C=O) groups is 1. The zero-order valence-electron chi connectivity index (χ0n) is 10.8. The van der Waals surface area contributed by atoms with Gasteiger partial charge in [0.05, 0.1) is 10.6 Å². The van der Waals surface area contributed by atoms with Crippen LogP contribution in [0, 0.1) is 5.82 Å². The quantitative estimate of drug-likeness (QED) is 0.656. The van der Waals surface area contributed by atoms with Crippen molar-refractivity contribution in [1.29, 1.82) is 0 Å². The van der Waals surface area contributed by atoms with Gasteiger partial charge in [0.2, 0.25) is 0 Å². The van der Waals surface area contributed by atoms with Crippen LogP contribution in [0.2, 0.25) is 0 Å². The van der Waals surface area contributed by atoms with Crippen LogP contribution in [0.4, 0.5) is 17.6 Å². The normalized spacial score (nSPS) is 20.4. The minimum atomic E-state index is -4.25. The number of aliphatic imine (C=N–C) groups is 1. The van der Waals surface area contributed by atoms with Crippen LogP contribution >= 0.6 is 10.9 Å². The topological polar surface area (TPSA) is 49.7 Å². The summed E-state index contributed by atoms with van der Waals surface area (Å²) in [6.45, 7) is 0.432. The first kappa shape index (κ1) is 15.8. The first-order valence-corrected chi connectivity index (χ1v) is 7.71. The van der Waals surface area contributed by atoms with Gasteiger partial charge in [-0.25, -0.2) is 9.18 Å². The van der Waals surface area contributed by atoms with Gasteiger partial charge in [0.1, 0.15) is 5.82 Å². The smallest absolute Gasteiger partial charge is 0.389 e. The molecule has 2 rings (SSSR count). The number of halogens is 4. The van der Waals surface area contributed by atoms with Crippen molar-refractivity contribution in [2.75, 3.05) is 12.3 Å². The SMILES string of the molecule is O=C(O)c1ccc([SH]2CCN=C2CCC(F)(F)F)cc1F. The standard InChI is InChI=1S/C13H13F4NO2S/c14-10-7-8(1-2-9(10)12(19)20)21-6-5-18-11(21)3-4-13(15,16)17/h1-2,7,21H,3-6H2,(H,19,20). The van der Waals surface area contributed by atoms with E-state index in [0.29, 0.717) is 22.2 Å². The molecule has 0 bridgehead atoms. The van der Waals surface area contributed by atoms with E-state index >= 15 is 0 Å². The Morgan fingerprint density at radius 1 is 1.38 bits per heavy atom. The zero-order chi connectivity index (χ0) is 15.6. The van der Waals surface area contributed by atoms with Crippen molar-refractivity contribution >= 4 is 21.9 Å². The molecule has 1 aliphatic heterocycles. The molecule has 0 spiro atoms. The van der Waals surface area contributed by atoms with Gasteiger partial charge in [0, 0.05) is 25.1 Å².